The van der Waals surface area contributed by atoms with E-state index in [1.54, 1.807) is 0 Å². The highest BCUT2D eigenvalue weighted by molar-refractivity contribution is 5.69. The lowest BCUT2D eigenvalue weighted by Crippen LogP contribution is -2.59. The zero-order valence-electron chi connectivity index (χ0n) is 15.3. The molecule has 1 heterocycles. The summed E-state index contributed by atoms with van der Waals surface area (Å²) < 4.78 is 5.79. The van der Waals surface area contributed by atoms with Crippen LogP contribution in [0.2, 0.25) is 0 Å². The summed E-state index contributed by atoms with van der Waals surface area (Å²) in [6, 6.07) is 10.1. The van der Waals surface area contributed by atoms with Gasteiger partial charge in [0.1, 0.15) is 6.10 Å². The number of ether oxygens (including phenoxy) is 1. The summed E-state index contributed by atoms with van der Waals surface area (Å²) in [6.45, 7) is 11.8. The number of benzene rings is 1. The zero-order chi connectivity index (χ0) is 17.1. The van der Waals surface area contributed by atoms with Crippen LogP contribution in [0.4, 0.5) is 0 Å². The van der Waals surface area contributed by atoms with Crippen molar-refractivity contribution in [2.24, 2.45) is 0 Å². The third-order valence-corrected chi connectivity index (χ3v) is 5.12. The number of hydrogen-bond donors (Lipinski definition) is 0. The van der Waals surface area contributed by atoms with Crippen molar-refractivity contribution < 1.29 is 9.53 Å². The highest BCUT2D eigenvalue weighted by Crippen LogP contribution is 2.39. The molecule has 23 heavy (non-hydrogen) atoms. The van der Waals surface area contributed by atoms with Crippen LogP contribution in [0.25, 0.3) is 0 Å². The summed E-state index contributed by atoms with van der Waals surface area (Å²) in [5.41, 5.74) is 1.31. The first kappa shape index (κ1) is 18.0. The van der Waals surface area contributed by atoms with Crippen LogP contribution < -0.4 is 0 Å². The van der Waals surface area contributed by atoms with Crippen molar-refractivity contribution in [2.45, 2.75) is 77.5 Å². The smallest absolute Gasteiger partial charge is 0.306 e. The molecule has 0 saturated carbocycles. The molecular weight excluding hydrogens is 286 g/mol. The van der Waals surface area contributed by atoms with Crippen molar-refractivity contribution in [3.63, 3.8) is 0 Å². The van der Waals surface area contributed by atoms with Crippen LogP contribution in [0.5, 0.6) is 0 Å². The van der Waals surface area contributed by atoms with Crippen molar-refractivity contribution in [1.29, 1.82) is 0 Å². The van der Waals surface area contributed by atoms with E-state index >= 15 is 0 Å². The van der Waals surface area contributed by atoms with E-state index in [4.69, 9.17) is 4.74 Å². The van der Waals surface area contributed by atoms with Crippen LogP contribution in [0.15, 0.2) is 30.3 Å². The largest absolute Gasteiger partial charge is 0.456 e. The van der Waals surface area contributed by atoms with Gasteiger partial charge in [0.15, 0.2) is 0 Å². The molecule has 0 aromatic heterocycles. The van der Waals surface area contributed by atoms with Gasteiger partial charge in [-0.25, -0.2) is 0 Å². The molecule has 1 unspecified atom stereocenters. The predicted octanol–water partition coefficient (Wildman–Crippen LogP) is 4.72. The second-order valence-electron chi connectivity index (χ2n) is 7.83. The van der Waals surface area contributed by atoms with Gasteiger partial charge in [0.05, 0.1) is 0 Å². The lowest BCUT2D eigenvalue weighted by molar-refractivity contribution is -0.153. The van der Waals surface area contributed by atoms with Crippen LogP contribution in [0.3, 0.4) is 0 Å². The molecule has 1 aliphatic rings. The van der Waals surface area contributed by atoms with Gasteiger partial charge < -0.3 is 4.74 Å². The fourth-order valence-electron chi connectivity index (χ4n) is 3.82. The topological polar surface area (TPSA) is 29.5 Å². The molecule has 0 spiro atoms. The van der Waals surface area contributed by atoms with E-state index in [1.165, 1.54) is 19.3 Å². The number of hydrogen-bond acceptors (Lipinski definition) is 3. The summed E-state index contributed by atoms with van der Waals surface area (Å²) in [5, 5.41) is 0. The van der Waals surface area contributed by atoms with Gasteiger partial charge in [-0.3, -0.25) is 9.69 Å². The Labute approximate surface area is 141 Å². The van der Waals surface area contributed by atoms with Gasteiger partial charge in [0, 0.05) is 24.0 Å². The molecule has 1 aliphatic heterocycles. The molecule has 0 radical (unpaired) electrons. The zero-order valence-corrected chi connectivity index (χ0v) is 15.3. The van der Waals surface area contributed by atoms with E-state index in [0.717, 1.165) is 12.1 Å². The molecule has 2 rings (SSSR count). The Kier molecular flexibility index (Phi) is 5.51. The van der Waals surface area contributed by atoms with Crippen molar-refractivity contribution in [1.82, 2.24) is 4.90 Å². The third-order valence-electron chi connectivity index (χ3n) is 5.12. The molecule has 0 N–H and O–H groups in total. The van der Waals surface area contributed by atoms with E-state index < -0.39 is 0 Å². The lowest BCUT2D eigenvalue weighted by atomic mass is 9.79. The normalized spacial score (nSPS) is 21.6. The average molecular weight is 317 g/mol. The monoisotopic (exact) mass is 317 g/mol. The van der Waals surface area contributed by atoms with Crippen LogP contribution in [0, 0.1) is 0 Å². The van der Waals surface area contributed by atoms with Crippen LogP contribution in [-0.2, 0) is 9.53 Å². The minimum absolute atomic E-state index is 0.118. The molecule has 1 saturated heterocycles. The Morgan fingerprint density at radius 1 is 1.13 bits per heavy atom. The molecule has 1 fully saturated rings. The van der Waals surface area contributed by atoms with E-state index in [2.05, 4.69) is 44.7 Å². The summed E-state index contributed by atoms with van der Waals surface area (Å²) >= 11 is 0. The van der Waals surface area contributed by atoms with Crippen LogP contribution in [0.1, 0.15) is 72.0 Å². The summed E-state index contributed by atoms with van der Waals surface area (Å²) in [6.07, 6.45) is 3.82. The summed E-state index contributed by atoms with van der Waals surface area (Å²) in [4.78, 5) is 14.5. The van der Waals surface area contributed by atoms with Gasteiger partial charge in [-0.15, -0.1) is 0 Å². The SMILES string of the molecule is CCC(=O)OC(CN1C(C)(C)CCCC1(C)C)c1ccccc1. The maximum Gasteiger partial charge on any atom is 0.306 e. The first-order chi connectivity index (χ1) is 10.8. The van der Waals surface area contributed by atoms with Gasteiger partial charge in [-0.2, -0.15) is 0 Å². The summed E-state index contributed by atoms with van der Waals surface area (Å²) in [7, 11) is 0. The number of rotatable bonds is 5. The Balaban J connectivity index is 2.27. The van der Waals surface area contributed by atoms with Gasteiger partial charge in [0.25, 0.3) is 0 Å². The Morgan fingerprint density at radius 2 is 1.70 bits per heavy atom. The third kappa shape index (κ3) is 4.35. The van der Waals surface area contributed by atoms with Gasteiger partial charge in [0.2, 0.25) is 0 Å². The van der Waals surface area contributed by atoms with Crippen LogP contribution >= 0.6 is 0 Å². The highest BCUT2D eigenvalue weighted by atomic mass is 16.5. The van der Waals surface area contributed by atoms with Crippen molar-refractivity contribution in [3.8, 4) is 0 Å². The molecule has 0 amide bonds. The molecule has 1 aromatic carbocycles. The minimum Gasteiger partial charge on any atom is -0.456 e. The standard InChI is InChI=1S/C20H31NO2/c1-6-18(22)23-17(16-11-8-7-9-12-16)15-21-19(2,3)13-10-14-20(21,4)5/h7-9,11-12,17H,6,10,13-15H2,1-5H3. The number of carbonyl (C=O) groups excluding carboxylic acids is 1. The first-order valence-corrected chi connectivity index (χ1v) is 8.78. The Hall–Kier alpha value is -1.35. The van der Waals surface area contributed by atoms with E-state index in [0.29, 0.717) is 6.42 Å². The van der Waals surface area contributed by atoms with Gasteiger partial charge in [-0.1, -0.05) is 37.3 Å². The lowest BCUT2D eigenvalue weighted by Gasteiger charge is -2.53. The molecule has 3 heteroatoms. The second kappa shape index (κ2) is 7.04. The molecule has 1 atom stereocenters. The fraction of sp³-hybridized carbons (Fsp3) is 0.650. The molecular formula is C20H31NO2. The quantitative estimate of drug-likeness (QED) is 0.736. The molecule has 128 valence electrons. The summed E-state index contributed by atoms with van der Waals surface area (Å²) in [5.74, 6) is -0.133. The Bertz CT molecular complexity index is 506. The number of nitrogens with zero attached hydrogens (tertiary/aromatic N) is 1. The Morgan fingerprint density at radius 3 is 2.22 bits per heavy atom. The first-order valence-electron chi connectivity index (χ1n) is 8.78. The van der Waals surface area contributed by atoms with E-state index in [1.807, 2.05) is 25.1 Å². The van der Waals surface area contributed by atoms with Gasteiger partial charge in [-0.05, 0) is 52.5 Å². The number of esters is 1. The maximum absolute atomic E-state index is 11.9. The van der Waals surface area contributed by atoms with E-state index in [9.17, 15) is 4.79 Å². The second-order valence-corrected chi connectivity index (χ2v) is 7.83. The highest BCUT2D eigenvalue weighted by Gasteiger charge is 2.42. The van der Waals surface area contributed by atoms with Gasteiger partial charge >= 0.3 is 5.97 Å². The van der Waals surface area contributed by atoms with Crippen molar-refractivity contribution in [3.05, 3.63) is 35.9 Å². The maximum atomic E-state index is 11.9. The van der Waals surface area contributed by atoms with E-state index in [-0.39, 0.29) is 23.2 Å². The van der Waals surface area contributed by atoms with Crippen LogP contribution in [-0.4, -0.2) is 28.5 Å². The number of carbonyl (C=O) groups is 1. The minimum atomic E-state index is -0.208. The molecule has 3 nitrogen and oxygen atoms in total. The number of piperidine rings is 1. The number of likely N-dealkylation sites (tertiary alicyclic amines) is 1. The van der Waals surface area contributed by atoms with Crippen molar-refractivity contribution >= 4 is 5.97 Å². The predicted molar refractivity (Wildman–Crippen MR) is 94.3 cm³/mol. The average Bonchev–Trinajstić information content (AvgIpc) is 2.49. The molecule has 1 aromatic rings. The molecule has 0 aliphatic carbocycles. The fourth-order valence-corrected chi connectivity index (χ4v) is 3.82. The van der Waals surface area contributed by atoms with Crippen molar-refractivity contribution in [2.75, 3.05) is 6.54 Å². The molecule has 0 bridgehead atoms.